The van der Waals surface area contributed by atoms with Gasteiger partial charge in [0.2, 0.25) is 0 Å². The first-order valence-corrected chi connectivity index (χ1v) is 10.9. The van der Waals surface area contributed by atoms with E-state index in [1.54, 1.807) is 12.1 Å². The molecule has 138 valence electrons. The molecular formula is C21H26N2O2S. The molecule has 0 amide bonds. The molecule has 1 saturated heterocycles. The summed E-state index contributed by atoms with van der Waals surface area (Å²) in [6.07, 6.45) is 4.49. The molecular weight excluding hydrogens is 344 g/mol. The topological polar surface area (TPSA) is 58.2 Å². The minimum absolute atomic E-state index is 0.297. The van der Waals surface area contributed by atoms with E-state index in [-0.39, 0.29) is 0 Å². The maximum Gasteiger partial charge on any atom is 0.261 e. The lowest BCUT2D eigenvalue weighted by atomic mass is 9.95. The number of hydrogen-bond acceptors (Lipinski definition) is 3. The lowest BCUT2D eigenvalue weighted by Crippen LogP contribution is -2.19. The van der Waals surface area contributed by atoms with Crippen LogP contribution >= 0.6 is 0 Å². The summed E-state index contributed by atoms with van der Waals surface area (Å²) in [5.74, 6) is 0.747. The Morgan fingerprint density at radius 1 is 1.12 bits per heavy atom. The highest BCUT2D eigenvalue weighted by atomic mass is 32.2. The van der Waals surface area contributed by atoms with Gasteiger partial charge >= 0.3 is 0 Å². The average Bonchev–Trinajstić information content (AvgIpc) is 3.21. The Morgan fingerprint density at radius 3 is 2.42 bits per heavy atom. The Hall–Kier alpha value is -1.85. The number of piperidine rings is 1. The molecule has 2 N–H and O–H groups in total. The Bertz CT molecular complexity index is 875. The average molecular weight is 371 g/mol. The molecule has 1 saturated carbocycles. The van der Waals surface area contributed by atoms with E-state index < -0.39 is 10.0 Å². The number of aryl methyl sites for hydroxylation is 1. The fourth-order valence-electron chi connectivity index (χ4n) is 4.09. The number of nitrogens with one attached hydrogen (secondary N) is 2. The third kappa shape index (κ3) is 3.26. The molecule has 2 aromatic rings. The van der Waals surface area contributed by atoms with Crippen LogP contribution in [-0.2, 0) is 21.9 Å². The predicted octanol–water partition coefficient (Wildman–Crippen LogP) is 3.69. The van der Waals surface area contributed by atoms with E-state index in [9.17, 15) is 8.42 Å². The van der Waals surface area contributed by atoms with E-state index >= 15 is 0 Å². The highest BCUT2D eigenvalue weighted by molar-refractivity contribution is 7.92. The molecule has 2 atom stereocenters. The van der Waals surface area contributed by atoms with Crippen LogP contribution in [0.4, 0.5) is 5.69 Å². The smallest absolute Gasteiger partial charge is 0.261 e. The first-order valence-electron chi connectivity index (χ1n) is 9.46. The first kappa shape index (κ1) is 17.6. The summed E-state index contributed by atoms with van der Waals surface area (Å²) in [4.78, 5) is 0.308. The fourth-order valence-corrected chi connectivity index (χ4v) is 5.15. The van der Waals surface area contributed by atoms with Crippen LogP contribution in [0.1, 0.15) is 37.3 Å². The van der Waals surface area contributed by atoms with Gasteiger partial charge < -0.3 is 5.32 Å². The zero-order chi connectivity index (χ0) is 18.2. The second kappa shape index (κ2) is 6.71. The van der Waals surface area contributed by atoms with Gasteiger partial charge in [-0.15, -0.1) is 0 Å². The monoisotopic (exact) mass is 370 g/mol. The second-order valence-corrected chi connectivity index (χ2v) is 9.30. The van der Waals surface area contributed by atoms with Crippen LogP contribution in [0.25, 0.3) is 0 Å². The van der Waals surface area contributed by atoms with Gasteiger partial charge in [-0.05, 0) is 67.1 Å². The van der Waals surface area contributed by atoms with E-state index in [0.717, 1.165) is 38.3 Å². The van der Waals surface area contributed by atoms with E-state index in [4.69, 9.17) is 0 Å². The lowest BCUT2D eigenvalue weighted by Gasteiger charge is -2.14. The van der Waals surface area contributed by atoms with Crippen molar-refractivity contribution in [2.75, 3.05) is 17.8 Å². The van der Waals surface area contributed by atoms with Gasteiger partial charge in [0.15, 0.2) is 0 Å². The molecule has 2 fully saturated rings. The maximum absolute atomic E-state index is 12.6. The molecule has 0 bridgehead atoms. The maximum atomic E-state index is 12.6. The first-order chi connectivity index (χ1) is 12.5. The molecule has 0 radical (unpaired) electrons. The summed E-state index contributed by atoms with van der Waals surface area (Å²) in [6.45, 7) is 4.29. The molecule has 1 aliphatic carbocycles. The molecule has 0 unspecified atom stereocenters. The number of fused-ring (bicyclic) bond motifs is 1. The van der Waals surface area contributed by atoms with Crippen molar-refractivity contribution in [1.29, 1.82) is 0 Å². The van der Waals surface area contributed by atoms with Crippen LogP contribution in [0.2, 0.25) is 0 Å². The van der Waals surface area contributed by atoms with Gasteiger partial charge in [-0.2, -0.15) is 0 Å². The second-order valence-electron chi connectivity index (χ2n) is 7.62. The van der Waals surface area contributed by atoms with Crippen molar-refractivity contribution in [2.45, 2.75) is 42.9 Å². The van der Waals surface area contributed by atoms with Crippen LogP contribution < -0.4 is 10.0 Å². The molecule has 4 nitrogen and oxygen atoms in total. The quantitative estimate of drug-likeness (QED) is 0.781. The summed E-state index contributed by atoms with van der Waals surface area (Å²) < 4.78 is 27.9. The van der Waals surface area contributed by atoms with Crippen LogP contribution in [0, 0.1) is 5.92 Å². The zero-order valence-corrected chi connectivity index (χ0v) is 16.0. The Kier molecular flexibility index (Phi) is 4.53. The van der Waals surface area contributed by atoms with E-state index in [1.165, 1.54) is 17.5 Å². The van der Waals surface area contributed by atoms with Crippen LogP contribution in [0.3, 0.4) is 0 Å². The summed E-state index contributed by atoms with van der Waals surface area (Å²) in [7, 11) is -3.55. The minimum Gasteiger partial charge on any atom is -0.316 e. The van der Waals surface area contributed by atoms with Crippen molar-refractivity contribution in [1.82, 2.24) is 5.32 Å². The van der Waals surface area contributed by atoms with Gasteiger partial charge in [-0.3, -0.25) is 4.72 Å². The Balaban J connectivity index is 1.45. The highest BCUT2D eigenvalue weighted by Gasteiger charge is 2.57. The number of benzene rings is 2. The van der Waals surface area contributed by atoms with Gasteiger partial charge in [0.1, 0.15) is 0 Å². The third-order valence-corrected chi connectivity index (χ3v) is 7.23. The summed E-state index contributed by atoms with van der Waals surface area (Å²) >= 11 is 0. The van der Waals surface area contributed by atoms with Gasteiger partial charge in [0, 0.05) is 17.6 Å². The molecule has 4 rings (SSSR count). The molecule has 0 aromatic heterocycles. The minimum atomic E-state index is -3.55. The zero-order valence-electron chi connectivity index (χ0n) is 15.2. The Labute approximate surface area is 156 Å². The fraction of sp³-hybridized carbons (Fsp3) is 0.429. The van der Waals surface area contributed by atoms with Crippen molar-refractivity contribution >= 4 is 15.7 Å². The van der Waals surface area contributed by atoms with Crippen LogP contribution in [-0.4, -0.2) is 21.5 Å². The van der Waals surface area contributed by atoms with E-state index in [1.807, 2.05) is 24.3 Å². The van der Waals surface area contributed by atoms with Crippen molar-refractivity contribution in [3.63, 3.8) is 0 Å². The molecule has 2 aromatic carbocycles. The molecule has 1 heterocycles. The van der Waals surface area contributed by atoms with Crippen molar-refractivity contribution in [3.05, 3.63) is 59.7 Å². The number of rotatable bonds is 7. The molecule has 5 heteroatoms. The highest BCUT2D eigenvalue weighted by Crippen LogP contribution is 2.56. The Morgan fingerprint density at radius 2 is 1.85 bits per heavy atom. The standard InChI is InChI=1S/C21H26N2O2S/c1-2-3-4-16-5-11-20(12-6-16)26(24,25)23-19-9-7-17(8-10-19)21-13-18(21)14-22-15-21/h5-12,18,22-23H,2-4,13-15H2,1H3/t18-,21+/m0/s1. The molecule has 2 aliphatic rings. The number of sulfonamides is 1. The van der Waals surface area contributed by atoms with E-state index in [0.29, 0.717) is 16.0 Å². The van der Waals surface area contributed by atoms with Gasteiger partial charge in [0.05, 0.1) is 4.90 Å². The molecule has 0 spiro atoms. The van der Waals surface area contributed by atoms with Gasteiger partial charge in [-0.1, -0.05) is 37.6 Å². The van der Waals surface area contributed by atoms with Gasteiger partial charge in [-0.25, -0.2) is 8.42 Å². The van der Waals surface area contributed by atoms with Crippen molar-refractivity contribution in [2.24, 2.45) is 5.92 Å². The SMILES string of the molecule is CCCCc1ccc(S(=O)(=O)Nc2ccc([C@@]34CNC[C@@H]3C4)cc2)cc1. The summed E-state index contributed by atoms with van der Waals surface area (Å²) in [5, 5.41) is 3.44. The van der Waals surface area contributed by atoms with Gasteiger partial charge in [0.25, 0.3) is 10.0 Å². The van der Waals surface area contributed by atoms with Crippen molar-refractivity contribution in [3.8, 4) is 0 Å². The number of hydrogen-bond donors (Lipinski definition) is 2. The number of unbranched alkanes of at least 4 members (excludes halogenated alkanes) is 1. The molecule has 1 aliphatic heterocycles. The van der Waals surface area contributed by atoms with Crippen molar-refractivity contribution < 1.29 is 8.42 Å². The van der Waals surface area contributed by atoms with Crippen LogP contribution in [0.15, 0.2) is 53.4 Å². The predicted molar refractivity (Wildman–Crippen MR) is 105 cm³/mol. The normalized spacial score (nSPS) is 24.3. The summed E-state index contributed by atoms with van der Waals surface area (Å²) in [6, 6.07) is 15.1. The number of anilines is 1. The summed E-state index contributed by atoms with van der Waals surface area (Å²) in [5.41, 5.74) is 3.41. The molecule has 26 heavy (non-hydrogen) atoms. The largest absolute Gasteiger partial charge is 0.316 e. The lowest BCUT2D eigenvalue weighted by molar-refractivity contribution is 0.601. The van der Waals surface area contributed by atoms with Crippen LogP contribution in [0.5, 0.6) is 0 Å². The third-order valence-electron chi connectivity index (χ3n) is 5.83. The van der Waals surface area contributed by atoms with E-state index in [2.05, 4.69) is 29.1 Å².